The summed E-state index contributed by atoms with van der Waals surface area (Å²) in [5.41, 5.74) is 3.46. The number of rotatable bonds is 5. The predicted molar refractivity (Wildman–Crippen MR) is 114 cm³/mol. The third-order valence-electron chi connectivity index (χ3n) is 4.24. The maximum atomic E-state index is 12.0. The predicted octanol–water partition coefficient (Wildman–Crippen LogP) is 4.56. The van der Waals surface area contributed by atoms with Gasteiger partial charge in [0.25, 0.3) is 0 Å². The first-order valence-corrected chi connectivity index (χ1v) is 9.33. The Kier molecular flexibility index (Phi) is 6.46. The van der Waals surface area contributed by atoms with Crippen LogP contribution in [0.3, 0.4) is 0 Å². The lowest BCUT2D eigenvalue weighted by atomic mass is 10.1. The van der Waals surface area contributed by atoms with Crippen molar-refractivity contribution in [2.75, 3.05) is 5.32 Å². The normalized spacial score (nSPS) is 10.9. The summed E-state index contributed by atoms with van der Waals surface area (Å²) in [5, 5.41) is 5.76. The molecular weight excluding hydrogens is 390 g/mol. The number of furan rings is 1. The SMILES string of the molecule is Cc1ccc(NC(=O)C(=O)NCc2ccc(C=Nc3ccc(Cl)cc3)o2)cc1C. The maximum Gasteiger partial charge on any atom is 0.313 e. The zero-order valence-corrected chi connectivity index (χ0v) is 16.8. The van der Waals surface area contributed by atoms with E-state index in [0.717, 1.165) is 16.8 Å². The van der Waals surface area contributed by atoms with Crippen LogP contribution in [0.15, 0.2) is 64.0 Å². The Morgan fingerprint density at radius 2 is 1.76 bits per heavy atom. The summed E-state index contributed by atoms with van der Waals surface area (Å²) in [6.45, 7) is 4.01. The Balaban J connectivity index is 1.51. The number of amides is 2. The summed E-state index contributed by atoms with van der Waals surface area (Å²) >= 11 is 5.84. The molecule has 0 unspecified atom stereocenters. The van der Waals surface area contributed by atoms with E-state index < -0.39 is 11.8 Å². The van der Waals surface area contributed by atoms with Crippen LogP contribution in [-0.2, 0) is 16.1 Å². The van der Waals surface area contributed by atoms with Crippen molar-refractivity contribution in [3.05, 3.63) is 82.3 Å². The maximum absolute atomic E-state index is 12.0. The van der Waals surface area contributed by atoms with E-state index in [2.05, 4.69) is 15.6 Å². The first kappa shape index (κ1) is 20.4. The van der Waals surface area contributed by atoms with E-state index in [0.29, 0.717) is 22.2 Å². The lowest BCUT2D eigenvalue weighted by molar-refractivity contribution is -0.136. The molecule has 0 aliphatic carbocycles. The van der Waals surface area contributed by atoms with Crippen LogP contribution in [0.2, 0.25) is 5.02 Å². The number of nitrogens with zero attached hydrogens (tertiary/aromatic N) is 1. The van der Waals surface area contributed by atoms with Crippen molar-refractivity contribution >= 4 is 41.0 Å². The van der Waals surface area contributed by atoms with Gasteiger partial charge in [0, 0.05) is 10.7 Å². The van der Waals surface area contributed by atoms with Crippen molar-refractivity contribution in [3.63, 3.8) is 0 Å². The van der Waals surface area contributed by atoms with Gasteiger partial charge in [-0.05, 0) is 73.5 Å². The molecular formula is C22H20ClN3O3. The molecule has 0 atom stereocenters. The Morgan fingerprint density at radius 1 is 1.00 bits per heavy atom. The number of hydrogen-bond acceptors (Lipinski definition) is 4. The summed E-state index contributed by atoms with van der Waals surface area (Å²) in [6.07, 6.45) is 1.57. The number of carbonyl (C=O) groups excluding carboxylic acids is 2. The molecule has 7 heteroatoms. The minimum absolute atomic E-state index is 0.0912. The second-order valence-corrected chi connectivity index (χ2v) is 6.91. The van der Waals surface area contributed by atoms with Crippen molar-refractivity contribution in [3.8, 4) is 0 Å². The topological polar surface area (TPSA) is 83.7 Å². The molecule has 0 bridgehead atoms. The molecule has 3 rings (SSSR count). The molecule has 3 aromatic rings. The average Bonchev–Trinajstić information content (AvgIpc) is 3.16. The molecule has 0 saturated carbocycles. The average molecular weight is 410 g/mol. The quantitative estimate of drug-likeness (QED) is 0.478. The van der Waals surface area contributed by atoms with E-state index in [1.165, 1.54) is 0 Å². The minimum Gasteiger partial charge on any atom is -0.458 e. The first-order chi connectivity index (χ1) is 13.9. The van der Waals surface area contributed by atoms with Crippen LogP contribution >= 0.6 is 11.6 Å². The third-order valence-corrected chi connectivity index (χ3v) is 4.50. The van der Waals surface area contributed by atoms with Gasteiger partial charge in [-0.25, -0.2) is 0 Å². The molecule has 2 aromatic carbocycles. The van der Waals surface area contributed by atoms with E-state index in [1.807, 2.05) is 26.0 Å². The Bertz CT molecular complexity index is 1060. The highest BCUT2D eigenvalue weighted by Gasteiger charge is 2.14. The standard InChI is InChI=1S/C22H20ClN3O3/c1-14-3-6-18(11-15(14)2)26-22(28)21(27)25-13-20-10-9-19(29-20)12-24-17-7-4-16(23)5-8-17/h3-12H,13H2,1-2H3,(H,25,27)(H,26,28). The fourth-order valence-electron chi connectivity index (χ4n) is 2.48. The monoisotopic (exact) mass is 409 g/mol. The highest BCUT2D eigenvalue weighted by molar-refractivity contribution is 6.39. The largest absolute Gasteiger partial charge is 0.458 e. The summed E-state index contributed by atoms with van der Waals surface area (Å²) in [5.74, 6) is -0.431. The van der Waals surface area contributed by atoms with E-state index in [1.54, 1.807) is 48.7 Å². The second kappa shape index (κ2) is 9.21. The van der Waals surface area contributed by atoms with Gasteiger partial charge in [0.2, 0.25) is 0 Å². The van der Waals surface area contributed by atoms with Crippen molar-refractivity contribution in [1.82, 2.24) is 5.32 Å². The van der Waals surface area contributed by atoms with Gasteiger partial charge in [0.05, 0.1) is 18.4 Å². The third kappa shape index (κ3) is 5.80. The molecule has 0 radical (unpaired) electrons. The van der Waals surface area contributed by atoms with Gasteiger partial charge in [0.15, 0.2) is 0 Å². The van der Waals surface area contributed by atoms with Crippen LogP contribution in [0, 0.1) is 13.8 Å². The first-order valence-electron chi connectivity index (χ1n) is 8.95. The summed E-state index contributed by atoms with van der Waals surface area (Å²) < 4.78 is 5.58. The van der Waals surface area contributed by atoms with Gasteiger partial charge in [-0.15, -0.1) is 0 Å². The minimum atomic E-state index is -0.740. The van der Waals surface area contributed by atoms with E-state index in [-0.39, 0.29) is 6.54 Å². The van der Waals surface area contributed by atoms with Crippen LogP contribution in [0.5, 0.6) is 0 Å². The Labute approximate surface area is 173 Å². The molecule has 148 valence electrons. The smallest absolute Gasteiger partial charge is 0.313 e. The number of aliphatic imine (C=N–C) groups is 1. The number of aryl methyl sites for hydroxylation is 2. The van der Waals surface area contributed by atoms with Gasteiger partial charge >= 0.3 is 11.8 Å². The Hall–Kier alpha value is -3.38. The molecule has 0 spiro atoms. The summed E-state index contributed by atoms with van der Waals surface area (Å²) in [6, 6.07) is 16.0. The lowest BCUT2D eigenvalue weighted by Gasteiger charge is -2.07. The molecule has 6 nitrogen and oxygen atoms in total. The van der Waals surface area contributed by atoms with E-state index in [9.17, 15) is 9.59 Å². The van der Waals surface area contributed by atoms with Gasteiger partial charge in [-0.3, -0.25) is 14.6 Å². The van der Waals surface area contributed by atoms with Gasteiger partial charge in [-0.2, -0.15) is 0 Å². The van der Waals surface area contributed by atoms with Gasteiger partial charge in [-0.1, -0.05) is 17.7 Å². The van der Waals surface area contributed by atoms with Crippen molar-refractivity contribution < 1.29 is 14.0 Å². The van der Waals surface area contributed by atoms with Crippen LogP contribution < -0.4 is 10.6 Å². The van der Waals surface area contributed by atoms with Crippen molar-refractivity contribution in [2.24, 2.45) is 4.99 Å². The summed E-state index contributed by atoms with van der Waals surface area (Å²) in [7, 11) is 0. The molecule has 2 N–H and O–H groups in total. The molecule has 0 aliphatic rings. The Morgan fingerprint density at radius 3 is 2.48 bits per heavy atom. The number of nitrogens with one attached hydrogen (secondary N) is 2. The zero-order valence-electron chi connectivity index (χ0n) is 16.0. The molecule has 2 amide bonds. The van der Waals surface area contributed by atoms with Crippen LogP contribution in [0.25, 0.3) is 0 Å². The zero-order chi connectivity index (χ0) is 20.8. The lowest BCUT2D eigenvalue weighted by Crippen LogP contribution is -2.34. The fourth-order valence-corrected chi connectivity index (χ4v) is 2.60. The van der Waals surface area contributed by atoms with E-state index >= 15 is 0 Å². The van der Waals surface area contributed by atoms with Crippen molar-refractivity contribution in [1.29, 1.82) is 0 Å². The van der Waals surface area contributed by atoms with Gasteiger partial charge < -0.3 is 15.1 Å². The highest BCUT2D eigenvalue weighted by atomic mass is 35.5. The summed E-state index contributed by atoms with van der Waals surface area (Å²) in [4.78, 5) is 28.3. The highest BCUT2D eigenvalue weighted by Crippen LogP contribution is 2.17. The van der Waals surface area contributed by atoms with Crippen LogP contribution in [-0.4, -0.2) is 18.0 Å². The molecule has 0 saturated heterocycles. The van der Waals surface area contributed by atoms with E-state index in [4.69, 9.17) is 16.0 Å². The molecule has 1 heterocycles. The number of carbonyl (C=O) groups is 2. The number of anilines is 1. The molecule has 1 aromatic heterocycles. The van der Waals surface area contributed by atoms with Crippen LogP contribution in [0.1, 0.15) is 22.6 Å². The van der Waals surface area contributed by atoms with Crippen LogP contribution in [0.4, 0.5) is 11.4 Å². The second-order valence-electron chi connectivity index (χ2n) is 6.47. The molecule has 29 heavy (non-hydrogen) atoms. The molecule has 0 fully saturated rings. The number of halogens is 1. The molecule has 0 aliphatic heterocycles. The number of benzene rings is 2. The fraction of sp³-hybridized carbons (Fsp3) is 0.136. The van der Waals surface area contributed by atoms with Crippen molar-refractivity contribution in [2.45, 2.75) is 20.4 Å². The number of hydrogen-bond donors (Lipinski definition) is 2. The van der Waals surface area contributed by atoms with Gasteiger partial charge in [0.1, 0.15) is 11.5 Å².